The van der Waals surface area contributed by atoms with Gasteiger partial charge in [0.2, 0.25) is 0 Å². The summed E-state index contributed by atoms with van der Waals surface area (Å²) in [5, 5.41) is 0. The van der Waals surface area contributed by atoms with Crippen molar-refractivity contribution in [1.82, 2.24) is 19.9 Å². The van der Waals surface area contributed by atoms with Crippen LogP contribution in [0.3, 0.4) is 0 Å². The number of nitrogens with one attached hydrogen (secondary N) is 1. The number of aromatic amines is 1. The van der Waals surface area contributed by atoms with E-state index in [1.165, 1.54) is 44.8 Å². The molecule has 0 radical (unpaired) electrons. The van der Waals surface area contributed by atoms with Crippen LogP contribution in [0.5, 0.6) is 0 Å². The van der Waals surface area contributed by atoms with E-state index in [0.29, 0.717) is 0 Å². The average Bonchev–Trinajstić information content (AvgIpc) is 3.85. The second kappa shape index (κ2) is 13.5. The molecule has 9 aromatic rings. The Bertz CT molecular complexity index is 2950. The minimum Gasteiger partial charge on any atom is -0.338 e. The number of hydrogen-bond acceptors (Lipinski definition) is 4. The number of benzene rings is 6. The van der Waals surface area contributed by atoms with E-state index in [1.807, 2.05) is 31.3 Å². The first-order chi connectivity index (χ1) is 28.7. The van der Waals surface area contributed by atoms with Crippen molar-refractivity contribution in [1.29, 1.82) is 0 Å². The molecule has 5 nitrogen and oxygen atoms in total. The first-order valence-corrected chi connectivity index (χ1v) is 19.7. The van der Waals surface area contributed by atoms with Crippen LogP contribution in [-0.2, 0) is 5.41 Å². The third-order valence-electron chi connectivity index (χ3n) is 11.8. The van der Waals surface area contributed by atoms with Crippen LogP contribution in [0.2, 0.25) is 0 Å². The largest absolute Gasteiger partial charge is 0.338 e. The highest BCUT2D eigenvalue weighted by atomic mass is 15.2. The van der Waals surface area contributed by atoms with Gasteiger partial charge < -0.3 is 9.88 Å². The number of hydrogen-bond donors (Lipinski definition) is 1. The minimum atomic E-state index is -0.439. The maximum atomic E-state index is 5.17. The normalized spacial score (nSPS) is 13.3. The number of aryl methyl sites for hydroxylation is 1. The number of rotatable bonds is 6. The molecule has 58 heavy (non-hydrogen) atoms. The Hall–Kier alpha value is -7.63. The van der Waals surface area contributed by atoms with Gasteiger partial charge in [0, 0.05) is 41.1 Å². The second-order valence-corrected chi connectivity index (χ2v) is 14.9. The lowest BCUT2D eigenvalue weighted by atomic mass is 9.64. The van der Waals surface area contributed by atoms with Crippen molar-refractivity contribution < 1.29 is 0 Å². The van der Waals surface area contributed by atoms with E-state index in [1.54, 1.807) is 12.4 Å². The van der Waals surface area contributed by atoms with E-state index in [4.69, 9.17) is 4.98 Å². The van der Waals surface area contributed by atoms with Gasteiger partial charge in [-0.05, 0) is 112 Å². The van der Waals surface area contributed by atoms with Crippen molar-refractivity contribution in [3.05, 3.63) is 228 Å². The third-order valence-corrected chi connectivity index (χ3v) is 11.8. The zero-order valence-electron chi connectivity index (χ0n) is 31.8. The molecule has 0 atom stereocenters. The Morgan fingerprint density at radius 2 is 1.12 bits per heavy atom. The van der Waals surface area contributed by atoms with Gasteiger partial charge >= 0.3 is 0 Å². The standard InChI is InChI=1S/C53H37N5/c1-35-36(16-12-30-55-35)26-27-48-51(37-28-31-54-32-29-37)57-52(56-48)40-15-10-13-38(33-40)39-14-11-17-41(34-39)58-49-24-8-6-22-46(49)53(47-23-7-9-25-50(47)58)44-20-4-2-18-42(44)43-19-3-5-21-45(43)53/h2-34H,1H3,(H,56,57)/b27-26-. The maximum absolute atomic E-state index is 5.17. The molecule has 5 heteroatoms. The van der Waals surface area contributed by atoms with Crippen molar-refractivity contribution in [2.24, 2.45) is 0 Å². The van der Waals surface area contributed by atoms with Gasteiger partial charge in [0.05, 0.1) is 28.2 Å². The molecule has 4 heterocycles. The van der Waals surface area contributed by atoms with Crippen LogP contribution < -0.4 is 4.90 Å². The molecule has 1 N–H and O–H groups in total. The molecule has 0 bridgehead atoms. The number of nitrogens with zero attached hydrogens (tertiary/aromatic N) is 4. The topological polar surface area (TPSA) is 57.7 Å². The van der Waals surface area contributed by atoms with Gasteiger partial charge in [-0.2, -0.15) is 0 Å². The van der Waals surface area contributed by atoms with E-state index < -0.39 is 5.41 Å². The lowest BCUT2D eigenvalue weighted by molar-refractivity contribution is 0.752. The first-order valence-electron chi connectivity index (χ1n) is 19.7. The highest BCUT2D eigenvalue weighted by molar-refractivity contribution is 5.96. The number of pyridine rings is 2. The number of H-pyrrole nitrogens is 1. The van der Waals surface area contributed by atoms with Gasteiger partial charge in [-0.1, -0.05) is 127 Å². The summed E-state index contributed by atoms with van der Waals surface area (Å²) in [4.78, 5) is 20.0. The van der Waals surface area contributed by atoms with Crippen LogP contribution in [0.25, 0.3) is 57.1 Å². The fourth-order valence-corrected chi connectivity index (χ4v) is 9.23. The summed E-state index contributed by atoms with van der Waals surface area (Å²) in [6.45, 7) is 2.02. The Kier molecular flexibility index (Phi) is 7.86. The van der Waals surface area contributed by atoms with Gasteiger partial charge in [0.1, 0.15) is 5.82 Å². The van der Waals surface area contributed by atoms with Crippen molar-refractivity contribution in [3.8, 4) is 44.9 Å². The number of imidazole rings is 1. The van der Waals surface area contributed by atoms with Gasteiger partial charge in [-0.15, -0.1) is 0 Å². The Morgan fingerprint density at radius 3 is 1.81 bits per heavy atom. The molecule has 1 aliphatic heterocycles. The van der Waals surface area contributed by atoms with Crippen molar-refractivity contribution in [2.45, 2.75) is 12.3 Å². The molecule has 6 aromatic carbocycles. The highest BCUT2D eigenvalue weighted by Crippen LogP contribution is 2.63. The quantitative estimate of drug-likeness (QED) is 0.184. The lowest BCUT2D eigenvalue weighted by Gasteiger charge is -2.45. The molecule has 0 amide bonds. The van der Waals surface area contributed by atoms with Gasteiger partial charge in [0.15, 0.2) is 0 Å². The molecule has 1 spiro atoms. The molecular formula is C53H37N5. The highest BCUT2D eigenvalue weighted by Gasteiger charge is 2.51. The van der Waals surface area contributed by atoms with Gasteiger partial charge in [0.25, 0.3) is 0 Å². The van der Waals surface area contributed by atoms with E-state index in [-0.39, 0.29) is 0 Å². The van der Waals surface area contributed by atoms with E-state index >= 15 is 0 Å². The summed E-state index contributed by atoms with van der Waals surface area (Å²) in [5.74, 6) is 0.800. The predicted octanol–water partition coefficient (Wildman–Crippen LogP) is 12.8. The number of para-hydroxylation sites is 2. The summed E-state index contributed by atoms with van der Waals surface area (Å²) >= 11 is 0. The summed E-state index contributed by atoms with van der Waals surface area (Å²) in [6, 6.07) is 61.4. The SMILES string of the molecule is Cc1ncccc1/C=C\c1[nH]c(-c2cccc(-c3cccc(N4c5ccccc5C5(c6ccccc6-c6ccccc65)c5ccccc54)c3)c2)nc1-c1ccncc1. The summed E-state index contributed by atoms with van der Waals surface area (Å²) in [7, 11) is 0. The number of anilines is 3. The Labute approximate surface area is 337 Å². The van der Waals surface area contributed by atoms with Crippen LogP contribution >= 0.6 is 0 Å². The summed E-state index contributed by atoms with van der Waals surface area (Å²) < 4.78 is 0. The molecule has 2 aliphatic rings. The fraction of sp³-hybridized carbons (Fsp3) is 0.0377. The van der Waals surface area contributed by atoms with Crippen LogP contribution in [0.15, 0.2) is 188 Å². The van der Waals surface area contributed by atoms with Crippen LogP contribution in [0.4, 0.5) is 17.1 Å². The molecule has 0 unspecified atom stereocenters. The summed E-state index contributed by atoms with van der Waals surface area (Å²) in [6.07, 6.45) is 9.61. The van der Waals surface area contributed by atoms with E-state index in [2.05, 4.69) is 184 Å². The second-order valence-electron chi connectivity index (χ2n) is 14.9. The smallest absolute Gasteiger partial charge is 0.138 e. The van der Waals surface area contributed by atoms with E-state index in [0.717, 1.165) is 56.4 Å². The number of aromatic nitrogens is 4. The third kappa shape index (κ3) is 5.21. The van der Waals surface area contributed by atoms with Gasteiger partial charge in [-0.25, -0.2) is 4.98 Å². The van der Waals surface area contributed by atoms with E-state index in [9.17, 15) is 0 Å². The predicted molar refractivity (Wildman–Crippen MR) is 236 cm³/mol. The molecule has 3 aromatic heterocycles. The average molecular weight is 744 g/mol. The zero-order valence-corrected chi connectivity index (χ0v) is 31.8. The van der Waals surface area contributed by atoms with Crippen LogP contribution in [0.1, 0.15) is 39.2 Å². The number of fused-ring (bicyclic) bond motifs is 9. The molecular weight excluding hydrogens is 707 g/mol. The monoisotopic (exact) mass is 743 g/mol. The Morgan fingerprint density at radius 1 is 0.517 bits per heavy atom. The van der Waals surface area contributed by atoms with Crippen molar-refractivity contribution >= 4 is 29.2 Å². The Balaban J connectivity index is 1.02. The maximum Gasteiger partial charge on any atom is 0.138 e. The van der Waals surface area contributed by atoms with Crippen molar-refractivity contribution in [3.63, 3.8) is 0 Å². The van der Waals surface area contributed by atoms with Crippen LogP contribution in [-0.4, -0.2) is 19.9 Å². The molecule has 274 valence electrons. The molecule has 0 saturated carbocycles. The van der Waals surface area contributed by atoms with Crippen molar-refractivity contribution in [2.75, 3.05) is 4.90 Å². The lowest BCUT2D eigenvalue weighted by Crippen LogP contribution is -2.36. The molecule has 0 fully saturated rings. The fourth-order valence-electron chi connectivity index (χ4n) is 9.23. The summed E-state index contributed by atoms with van der Waals surface area (Å²) in [5.41, 5.74) is 18.9. The van der Waals surface area contributed by atoms with Crippen LogP contribution in [0, 0.1) is 6.92 Å². The molecule has 1 aliphatic carbocycles. The van der Waals surface area contributed by atoms with Gasteiger partial charge in [-0.3, -0.25) is 9.97 Å². The first kappa shape index (κ1) is 33.7. The molecule has 0 saturated heterocycles. The minimum absolute atomic E-state index is 0.439. The molecule has 11 rings (SSSR count). The zero-order chi connectivity index (χ0) is 38.6.